The second-order valence-corrected chi connectivity index (χ2v) is 4.14. The lowest BCUT2D eigenvalue weighted by molar-refractivity contribution is 0.633. The van der Waals surface area contributed by atoms with E-state index in [-0.39, 0.29) is 17.1 Å². The van der Waals surface area contributed by atoms with Crippen molar-refractivity contribution in [1.29, 1.82) is 0 Å². The zero-order valence-electron chi connectivity index (χ0n) is 10.1. The summed E-state index contributed by atoms with van der Waals surface area (Å²) in [4.78, 5) is 12.0. The molecule has 6 nitrogen and oxygen atoms in total. The van der Waals surface area contributed by atoms with Crippen LogP contribution < -0.4 is 10.9 Å². The monoisotopic (exact) mass is 277 g/mol. The number of terminal acetylenes is 1. The molecule has 0 aromatic carbocycles. The summed E-state index contributed by atoms with van der Waals surface area (Å²) in [6, 6.07) is 1.83. The lowest BCUT2D eigenvalue weighted by Gasteiger charge is -2.09. The first kappa shape index (κ1) is 13.2. The third-order valence-electron chi connectivity index (χ3n) is 2.44. The number of anilines is 1. The van der Waals surface area contributed by atoms with Gasteiger partial charge in [0.25, 0.3) is 5.56 Å². The zero-order valence-corrected chi connectivity index (χ0v) is 10.8. The van der Waals surface area contributed by atoms with Crippen LogP contribution in [-0.4, -0.2) is 26.1 Å². The molecular formula is C12H12ClN5O. The maximum Gasteiger partial charge on any atom is 0.292 e. The quantitative estimate of drug-likeness (QED) is 0.823. The predicted molar refractivity (Wildman–Crippen MR) is 73.1 cm³/mol. The van der Waals surface area contributed by atoms with E-state index in [2.05, 4.69) is 21.4 Å². The Kier molecular flexibility index (Phi) is 4.21. The number of rotatable bonds is 5. The molecule has 2 aromatic rings. The molecular weight excluding hydrogens is 266 g/mol. The van der Waals surface area contributed by atoms with Crippen LogP contribution in [0.25, 0.3) is 0 Å². The van der Waals surface area contributed by atoms with E-state index < -0.39 is 0 Å². The van der Waals surface area contributed by atoms with Gasteiger partial charge in [-0.15, -0.1) is 6.42 Å². The highest BCUT2D eigenvalue weighted by molar-refractivity contribution is 6.32. The first-order valence-corrected chi connectivity index (χ1v) is 6.00. The smallest absolute Gasteiger partial charge is 0.292 e. The number of nitrogens with zero attached hydrogens (tertiary/aromatic N) is 4. The van der Waals surface area contributed by atoms with E-state index >= 15 is 0 Å². The molecule has 0 amide bonds. The zero-order chi connectivity index (χ0) is 13.7. The van der Waals surface area contributed by atoms with Crippen LogP contribution in [0, 0.1) is 12.3 Å². The van der Waals surface area contributed by atoms with Gasteiger partial charge in [-0.05, 0) is 6.07 Å². The number of aromatic nitrogens is 4. The van der Waals surface area contributed by atoms with Gasteiger partial charge >= 0.3 is 0 Å². The van der Waals surface area contributed by atoms with Crippen LogP contribution in [0.1, 0.15) is 0 Å². The van der Waals surface area contributed by atoms with Gasteiger partial charge in [-0.25, -0.2) is 4.68 Å². The largest absolute Gasteiger partial charge is 0.377 e. The minimum Gasteiger partial charge on any atom is -0.377 e. The Hall–Kier alpha value is -2.26. The van der Waals surface area contributed by atoms with Crippen molar-refractivity contribution in [3.8, 4) is 12.3 Å². The molecule has 0 atom stereocenters. The Balaban J connectivity index is 2.09. The molecule has 7 heteroatoms. The average molecular weight is 278 g/mol. The molecule has 0 radical (unpaired) electrons. The summed E-state index contributed by atoms with van der Waals surface area (Å²) >= 11 is 5.95. The maximum atomic E-state index is 12.0. The van der Waals surface area contributed by atoms with Gasteiger partial charge in [-0.3, -0.25) is 9.48 Å². The second-order valence-electron chi connectivity index (χ2n) is 3.73. The molecule has 2 heterocycles. The fourth-order valence-electron chi connectivity index (χ4n) is 1.56. The summed E-state index contributed by atoms with van der Waals surface area (Å²) in [6.45, 7) is 1.26. The van der Waals surface area contributed by atoms with Gasteiger partial charge in [0.15, 0.2) is 0 Å². The van der Waals surface area contributed by atoms with Crippen LogP contribution in [0.3, 0.4) is 0 Å². The summed E-state index contributed by atoms with van der Waals surface area (Å²) in [5, 5.41) is 11.2. The highest BCUT2D eigenvalue weighted by Crippen LogP contribution is 2.14. The summed E-state index contributed by atoms with van der Waals surface area (Å²) in [5.74, 6) is 2.37. The van der Waals surface area contributed by atoms with Crippen molar-refractivity contribution < 1.29 is 0 Å². The van der Waals surface area contributed by atoms with Gasteiger partial charge in [-0.1, -0.05) is 17.5 Å². The highest BCUT2D eigenvalue weighted by Gasteiger charge is 2.08. The molecule has 0 aliphatic rings. The lowest BCUT2D eigenvalue weighted by atomic mass is 10.4. The Morgan fingerprint density at radius 2 is 2.32 bits per heavy atom. The third-order valence-corrected chi connectivity index (χ3v) is 2.73. The number of hydrogen-bond donors (Lipinski definition) is 1. The molecule has 0 aliphatic heterocycles. The van der Waals surface area contributed by atoms with Crippen LogP contribution >= 0.6 is 11.6 Å². The molecule has 0 saturated carbocycles. The predicted octanol–water partition coefficient (Wildman–Crippen LogP) is 0.838. The van der Waals surface area contributed by atoms with Crippen molar-refractivity contribution in [2.45, 2.75) is 13.1 Å². The Bertz CT molecular complexity index is 641. The number of hydrogen-bond acceptors (Lipinski definition) is 4. The minimum absolute atomic E-state index is 0.115. The van der Waals surface area contributed by atoms with E-state index in [4.69, 9.17) is 18.0 Å². The minimum atomic E-state index is -0.328. The van der Waals surface area contributed by atoms with Crippen molar-refractivity contribution in [3.63, 3.8) is 0 Å². The molecule has 0 fully saturated rings. The van der Waals surface area contributed by atoms with E-state index in [9.17, 15) is 4.79 Å². The molecule has 0 saturated heterocycles. The topological polar surface area (TPSA) is 64.7 Å². The van der Waals surface area contributed by atoms with Crippen LogP contribution in [0.15, 0.2) is 29.5 Å². The summed E-state index contributed by atoms with van der Waals surface area (Å²) in [5.41, 5.74) is -0.0232. The molecule has 0 spiro atoms. The van der Waals surface area contributed by atoms with Crippen LogP contribution in [-0.2, 0) is 13.1 Å². The highest BCUT2D eigenvalue weighted by atomic mass is 35.5. The Labute approximate surface area is 115 Å². The fraction of sp³-hybridized carbons (Fsp3) is 0.250. The van der Waals surface area contributed by atoms with Gasteiger partial charge in [-0.2, -0.15) is 10.2 Å². The molecule has 0 unspecified atom stereocenters. The SMILES string of the molecule is C#CCn1ncc(Cl)c(NCCn2cccn2)c1=O. The Morgan fingerprint density at radius 3 is 3.00 bits per heavy atom. The van der Waals surface area contributed by atoms with Crippen molar-refractivity contribution in [1.82, 2.24) is 19.6 Å². The average Bonchev–Trinajstić information content (AvgIpc) is 2.90. The molecule has 2 rings (SSSR count). The van der Waals surface area contributed by atoms with E-state index in [0.29, 0.717) is 18.8 Å². The van der Waals surface area contributed by atoms with Crippen LogP contribution in [0.5, 0.6) is 0 Å². The van der Waals surface area contributed by atoms with E-state index in [1.54, 1.807) is 10.9 Å². The van der Waals surface area contributed by atoms with Gasteiger partial charge in [0.2, 0.25) is 0 Å². The van der Waals surface area contributed by atoms with Gasteiger partial charge < -0.3 is 5.32 Å². The van der Waals surface area contributed by atoms with Crippen LogP contribution in [0.2, 0.25) is 5.02 Å². The number of nitrogens with one attached hydrogen (secondary N) is 1. The number of halogens is 1. The summed E-state index contributed by atoms with van der Waals surface area (Å²) < 4.78 is 2.93. The Morgan fingerprint density at radius 1 is 1.47 bits per heavy atom. The molecule has 1 N–H and O–H groups in total. The van der Waals surface area contributed by atoms with Gasteiger partial charge in [0, 0.05) is 18.9 Å². The second kappa shape index (κ2) is 6.07. The summed E-state index contributed by atoms with van der Waals surface area (Å²) in [7, 11) is 0. The van der Waals surface area contributed by atoms with Gasteiger partial charge in [0.1, 0.15) is 12.2 Å². The molecule has 2 aromatic heterocycles. The molecule has 19 heavy (non-hydrogen) atoms. The van der Waals surface area contributed by atoms with Crippen molar-refractivity contribution in [2.75, 3.05) is 11.9 Å². The van der Waals surface area contributed by atoms with Gasteiger partial charge in [0.05, 0.1) is 17.8 Å². The molecule has 0 aliphatic carbocycles. The van der Waals surface area contributed by atoms with E-state index in [0.717, 1.165) is 0 Å². The fourth-order valence-corrected chi connectivity index (χ4v) is 1.75. The van der Waals surface area contributed by atoms with Crippen LogP contribution in [0.4, 0.5) is 5.69 Å². The molecule has 98 valence electrons. The van der Waals surface area contributed by atoms with Crippen molar-refractivity contribution in [3.05, 3.63) is 40.0 Å². The standard InChI is InChI=1S/C12H12ClN5O/c1-2-6-18-12(19)11(10(13)9-16-18)14-5-8-17-7-3-4-15-17/h1,3-4,7,9,14H,5-6,8H2. The lowest BCUT2D eigenvalue weighted by Crippen LogP contribution is -2.26. The van der Waals surface area contributed by atoms with Crippen molar-refractivity contribution >= 4 is 17.3 Å². The maximum absolute atomic E-state index is 12.0. The first-order chi connectivity index (χ1) is 9.22. The normalized spacial score (nSPS) is 10.1. The first-order valence-electron chi connectivity index (χ1n) is 5.62. The van der Waals surface area contributed by atoms with E-state index in [1.165, 1.54) is 10.9 Å². The van der Waals surface area contributed by atoms with E-state index in [1.807, 2.05) is 12.3 Å². The molecule has 0 bridgehead atoms. The third kappa shape index (κ3) is 3.14. The summed E-state index contributed by atoms with van der Waals surface area (Å²) in [6.07, 6.45) is 10.1. The van der Waals surface area contributed by atoms with Crippen molar-refractivity contribution in [2.24, 2.45) is 0 Å².